The van der Waals surface area contributed by atoms with Gasteiger partial charge in [-0.25, -0.2) is 9.78 Å². The topological polar surface area (TPSA) is 80.4 Å². The molecule has 98 valence electrons. The van der Waals surface area contributed by atoms with E-state index in [0.717, 1.165) is 5.39 Å². The number of aromatic carboxylic acids is 1. The molecule has 0 fully saturated rings. The summed E-state index contributed by atoms with van der Waals surface area (Å²) in [6, 6.07) is 13.4. The fourth-order valence-electron chi connectivity index (χ4n) is 1.89. The van der Waals surface area contributed by atoms with Crippen LogP contribution in [0, 0.1) is 0 Å². The highest BCUT2D eigenvalue weighted by Crippen LogP contribution is 2.16. The Bertz CT molecular complexity index is 819. The number of carbonyl (C=O) groups excluding carboxylic acids is 1. The number of aromatic nitrogens is 1. The predicted octanol–water partition coefficient (Wildman–Crippen LogP) is 2.76. The van der Waals surface area contributed by atoms with Gasteiger partial charge < -0.3 is 9.52 Å². The average molecular weight is 267 g/mol. The third-order valence-corrected chi connectivity index (χ3v) is 2.87. The van der Waals surface area contributed by atoms with Crippen LogP contribution in [0.3, 0.4) is 0 Å². The van der Waals surface area contributed by atoms with Gasteiger partial charge in [-0.3, -0.25) is 4.79 Å². The number of carboxylic acid groups (broad SMARTS) is 1. The maximum Gasteiger partial charge on any atom is 0.371 e. The van der Waals surface area contributed by atoms with Crippen molar-refractivity contribution in [1.82, 2.24) is 4.98 Å². The van der Waals surface area contributed by atoms with Gasteiger partial charge in [0.15, 0.2) is 5.76 Å². The van der Waals surface area contributed by atoms with Crippen LogP contribution in [0.5, 0.6) is 0 Å². The summed E-state index contributed by atoms with van der Waals surface area (Å²) >= 11 is 0. The number of hydrogen-bond acceptors (Lipinski definition) is 4. The minimum atomic E-state index is -1.21. The average Bonchev–Trinajstić information content (AvgIpc) is 2.96. The summed E-state index contributed by atoms with van der Waals surface area (Å²) in [5, 5.41) is 9.70. The predicted molar refractivity (Wildman–Crippen MR) is 70.8 cm³/mol. The molecule has 20 heavy (non-hydrogen) atoms. The quantitative estimate of drug-likeness (QED) is 0.738. The monoisotopic (exact) mass is 267 g/mol. The third kappa shape index (κ3) is 2.05. The highest BCUT2D eigenvalue weighted by Gasteiger charge is 2.17. The normalized spacial score (nSPS) is 10.6. The van der Waals surface area contributed by atoms with Crippen molar-refractivity contribution in [3.63, 3.8) is 0 Å². The first-order valence-corrected chi connectivity index (χ1v) is 5.89. The summed E-state index contributed by atoms with van der Waals surface area (Å²) in [6.07, 6.45) is 0. The molecular formula is C15H9NO4. The summed E-state index contributed by atoms with van der Waals surface area (Å²) in [5.74, 6) is -1.96. The number of nitrogens with zero attached hydrogens (tertiary/aromatic N) is 1. The number of pyridine rings is 1. The number of carbonyl (C=O) groups is 2. The number of rotatable bonds is 3. The number of para-hydroxylation sites is 1. The molecule has 5 nitrogen and oxygen atoms in total. The molecule has 0 bridgehead atoms. The van der Waals surface area contributed by atoms with Crippen molar-refractivity contribution in [3.05, 3.63) is 65.7 Å². The van der Waals surface area contributed by atoms with Gasteiger partial charge in [0.25, 0.3) is 0 Å². The van der Waals surface area contributed by atoms with E-state index in [-0.39, 0.29) is 17.2 Å². The van der Waals surface area contributed by atoms with Gasteiger partial charge in [-0.2, -0.15) is 0 Å². The molecule has 0 aliphatic rings. The Kier molecular flexibility index (Phi) is 2.80. The van der Waals surface area contributed by atoms with E-state index in [9.17, 15) is 9.59 Å². The van der Waals surface area contributed by atoms with Gasteiger partial charge in [0.05, 0.1) is 5.52 Å². The number of furan rings is 1. The fourth-order valence-corrected chi connectivity index (χ4v) is 1.89. The number of hydrogen-bond donors (Lipinski definition) is 1. The molecule has 3 rings (SSSR count). The molecule has 2 heterocycles. The fraction of sp³-hybridized carbons (Fsp3) is 0. The highest BCUT2D eigenvalue weighted by molar-refractivity contribution is 6.07. The van der Waals surface area contributed by atoms with Gasteiger partial charge in [-0.15, -0.1) is 0 Å². The summed E-state index contributed by atoms with van der Waals surface area (Å²) in [5.41, 5.74) is 0.915. The maximum absolute atomic E-state index is 12.2. The van der Waals surface area contributed by atoms with Crippen LogP contribution in [0.2, 0.25) is 0 Å². The number of ketones is 1. The lowest BCUT2D eigenvalue weighted by Gasteiger charge is -2.00. The van der Waals surface area contributed by atoms with Crippen LogP contribution in [-0.2, 0) is 0 Å². The van der Waals surface area contributed by atoms with Gasteiger partial charge >= 0.3 is 5.97 Å². The molecule has 0 saturated carbocycles. The molecule has 1 N–H and O–H groups in total. The Balaban J connectivity index is 2.00. The van der Waals surface area contributed by atoms with Crippen molar-refractivity contribution in [2.24, 2.45) is 0 Å². The zero-order valence-electron chi connectivity index (χ0n) is 10.2. The first-order chi connectivity index (χ1) is 9.65. The lowest BCUT2D eigenvalue weighted by molar-refractivity contribution is 0.0660. The van der Waals surface area contributed by atoms with Crippen molar-refractivity contribution in [2.75, 3.05) is 0 Å². The summed E-state index contributed by atoms with van der Waals surface area (Å²) in [7, 11) is 0. The second kappa shape index (κ2) is 4.62. The molecule has 1 aromatic carbocycles. The first-order valence-electron chi connectivity index (χ1n) is 5.89. The van der Waals surface area contributed by atoms with E-state index < -0.39 is 11.8 Å². The van der Waals surface area contributed by atoms with Crippen molar-refractivity contribution in [2.45, 2.75) is 0 Å². The maximum atomic E-state index is 12.2. The molecular weight excluding hydrogens is 258 g/mol. The standard InChI is InChI=1S/C15H9NO4/c17-14(12-7-8-13(20-12)15(18)19)11-6-5-9-3-1-2-4-10(9)16-11/h1-8H,(H,18,19). The van der Waals surface area contributed by atoms with Gasteiger partial charge in [-0.1, -0.05) is 24.3 Å². The Morgan fingerprint density at radius 3 is 2.45 bits per heavy atom. The van der Waals surface area contributed by atoms with E-state index in [2.05, 4.69) is 4.98 Å². The van der Waals surface area contributed by atoms with Crippen molar-refractivity contribution in [1.29, 1.82) is 0 Å². The van der Waals surface area contributed by atoms with E-state index in [1.165, 1.54) is 12.1 Å². The van der Waals surface area contributed by atoms with Crippen LogP contribution in [0.25, 0.3) is 10.9 Å². The molecule has 0 spiro atoms. The largest absolute Gasteiger partial charge is 0.475 e. The highest BCUT2D eigenvalue weighted by atomic mass is 16.4. The number of fused-ring (bicyclic) bond motifs is 1. The van der Waals surface area contributed by atoms with E-state index in [1.807, 2.05) is 18.2 Å². The van der Waals surface area contributed by atoms with Gasteiger partial charge in [0.1, 0.15) is 5.69 Å². The zero-order chi connectivity index (χ0) is 14.1. The first kappa shape index (κ1) is 12.1. The molecule has 0 saturated heterocycles. The van der Waals surface area contributed by atoms with Crippen molar-refractivity contribution >= 4 is 22.7 Å². The van der Waals surface area contributed by atoms with E-state index in [0.29, 0.717) is 5.52 Å². The second-order valence-corrected chi connectivity index (χ2v) is 4.19. The van der Waals surface area contributed by atoms with Gasteiger partial charge in [0.2, 0.25) is 11.5 Å². The van der Waals surface area contributed by atoms with Crippen LogP contribution in [0.1, 0.15) is 26.8 Å². The molecule has 0 aliphatic carbocycles. The molecule has 0 unspecified atom stereocenters. The van der Waals surface area contributed by atoms with Crippen molar-refractivity contribution in [3.8, 4) is 0 Å². The molecule has 2 aromatic heterocycles. The lowest BCUT2D eigenvalue weighted by Crippen LogP contribution is -2.03. The van der Waals surface area contributed by atoms with E-state index in [1.54, 1.807) is 18.2 Å². The molecule has 0 aliphatic heterocycles. The van der Waals surface area contributed by atoms with Crippen LogP contribution in [0.4, 0.5) is 0 Å². The third-order valence-electron chi connectivity index (χ3n) is 2.87. The molecule has 0 radical (unpaired) electrons. The van der Waals surface area contributed by atoms with E-state index in [4.69, 9.17) is 9.52 Å². The Morgan fingerprint density at radius 2 is 1.70 bits per heavy atom. The smallest absolute Gasteiger partial charge is 0.371 e. The second-order valence-electron chi connectivity index (χ2n) is 4.19. The molecule has 3 aromatic rings. The summed E-state index contributed by atoms with van der Waals surface area (Å²) in [4.78, 5) is 27.2. The van der Waals surface area contributed by atoms with Crippen LogP contribution < -0.4 is 0 Å². The van der Waals surface area contributed by atoms with Crippen LogP contribution >= 0.6 is 0 Å². The summed E-state index contributed by atoms with van der Waals surface area (Å²) in [6.45, 7) is 0. The number of carboxylic acids is 1. The van der Waals surface area contributed by atoms with Crippen molar-refractivity contribution < 1.29 is 19.1 Å². The Morgan fingerprint density at radius 1 is 0.950 bits per heavy atom. The number of benzene rings is 1. The van der Waals surface area contributed by atoms with Crippen LogP contribution in [-0.4, -0.2) is 21.8 Å². The minimum absolute atomic E-state index is 0.0369. The van der Waals surface area contributed by atoms with Gasteiger partial charge in [0, 0.05) is 5.39 Å². The summed E-state index contributed by atoms with van der Waals surface area (Å²) < 4.78 is 4.98. The van der Waals surface area contributed by atoms with Crippen LogP contribution in [0.15, 0.2) is 52.9 Å². The Hall–Kier alpha value is -2.95. The molecule has 0 atom stereocenters. The van der Waals surface area contributed by atoms with Gasteiger partial charge in [-0.05, 0) is 24.3 Å². The minimum Gasteiger partial charge on any atom is -0.475 e. The van der Waals surface area contributed by atoms with E-state index >= 15 is 0 Å². The Labute approximate surface area is 113 Å². The molecule has 5 heteroatoms. The zero-order valence-corrected chi connectivity index (χ0v) is 10.2. The lowest BCUT2D eigenvalue weighted by atomic mass is 10.1. The SMILES string of the molecule is O=C(O)c1ccc(C(=O)c2ccc3ccccc3n2)o1. The molecule has 0 amide bonds.